The van der Waals surface area contributed by atoms with Gasteiger partial charge in [-0.3, -0.25) is 0 Å². The van der Waals surface area contributed by atoms with E-state index in [1.807, 2.05) is 17.7 Å². The topological polar surface area (TPSA) is 85.7 Å². The Morgan fingerprint density at radius 3 is 2.74 bits per heavy atom. The van der Waals surface area contributed by atoms with E-state index in [0.717, 1.165) is 6.54 Å². The van der Waals surface area contributed by atoms with Gasteiger partial charge in [-0.15, -0.1) is 5.10 Å². The largest absolute Gasteiger partial charge is 0.455 e. The second kappa shape index (κ2) is 4.83. The number of imidazole rings is 1. The van der Waals surface area contributed by atoms with E-state index in [1.165, 1.54) is 0 Å². The van der Waals surface area contributed by atoms with E-state index in [0.29, 0.717) is 11.4 Å². The molecule has 102 valence electrons. The van der Waals surface area contributed by atoms with Gasteiger partial charge in [-0.2, -0.15) is 10.3 Å². The highest BCUT2D eigenvalue weighted by atomic mass is 16.6. The Morgan fingerprint density at radius 1 is 1.42 bits per heavy atom. The van der Waals surface area contributed by atoms with Crippen molar-refractivity contribution in [2.75, 3.05) is 0 Å². The van der Waals surface area contributed by atoms with Crippen molar-refractivity contribution in [3.8, 4) is 11.4 Å². The third-order valence-corrected chi connectivity index (χ3v) is 2.38. The lowest BCUT2D eigenvalue weighted by molar-refractivity contribution is 0.00637. The lowest BCUT2D eigenvalue weighted by Crippen LogP contribution is -2.24. The number of hydrogen-bond donors (Lipinski definition) is 1. The van der Waals surface area contributed by atoms with Gasteiger partial charge in [-0.05, 0) is 27.7 Å². The number of aromatic amines is 1. The van der Waals surface area contributed by atoms with Crippen LogP contribution in [-0.4, -0.2) is 36.5 Å². The molecule has 7 nitrogen and oxygen atoms in total. The van der Waals surface area contributed by atoms with Crippen molar-refractivity contribution in [1.29, 1.82) is 0 Å². The number of carbonyl (C=O) groups excluding carboxylic acids is 1. The molecule has 2 rings (SSSR count). The Hall–Kier alpha value is -2.18. The maximum absolute atomic E-state index is 12.0. The maximum atomic E-state index is 12.0. The summed E-state index contributed by atoms with van der Waals surface area (Å²) in [6.45, 7) is 8.21. The minimum atomic E-state index is -0.573. The van der Waals surface area contributed by atoms with Gasteiger partial charge < -0.3 is 9.30 Å². The first-order chi connectivity index (χ1) is 8.90. The number of aryl methyl sites for hydroxylation is 1. The van der Waals surface area contributed by atoms with Crippen molar-refractivity contribution < 1.29 is 9.53 Å². The fourth-order valence-electron chi connectivity index (χ4n) is 1.53. The van der Waals surface area contributed by atoms with Gasteiger partial charge in [-0.25, -0.2) is 9.78 Å². The molecule has 0 aromatic carbocycles. The summed E-state index contributed by atoms with van der Waals surface area (Å²) in [6.07, 6.45) is 3.49. The van der Waals surface area contributed by atoms with Gasteiger partial charge in [-0.1, -0.05) is 0 Å². The molecule has 2 aromatic heterocycles. The second-order valence-electron chi connectivity index (χ2n) is 5.11. The van der Waals surface area contributed by atoms with Crippen molar-refractivity contribution in [3.63, 3.8) is 0 Å². The normalized spacial score (nSPS) is 11.6. The first-order valence-electron chi connectivity index (χ1n) is 6.07. The summed E-state index contributed by atoms with van der Waals surface area (Å²) in [5.41, 5.74) is 0.574. The van der Waals surface area contributed by atoms with E-state index in [2.05, 4.69) is 20.4 Å². The summed E-state index contributed by atoms with van der Waals surface area (Å²) in [5.74, 6) is -0.512. The Labute approximate surface area is 111 Å². The highest BCUT2D eigenvalue weighted by molar-refractivity contribution is 5.93. The van der Waals surface area contributed by atoms with Gasteiger partial charge in [0.2, 0.25) is 0 Å². The van der Waals surface area contributed by atoms with Gasteiger partial charge in [0.25, 0.3) is 0 Å². The van der Waals surface area contributed by atoms with Crippen LogP contribution in [0.25, 0.3) is 11.4 Å². The number of rotatable bonds is 3. The Balaban J connectivity index is 2.29. The standard InChI is InChI=1S/C12H17N5O2/c1-5-17-6-8(13-7-17)9-10(15-16-14-9)11(18)19-12(2,3)4/h6-7H,5H2,1-4H3,(H,14,15,16). The predicted octanol–water partition coefficient (Wildman–Crippen LogP) is 1.64. The number of nitrogens with zero attached hydrogens (tertiary/aromatic N) is 4. The van der Waals surface area contributed by atoms with Gasteiger partial charge in [0.1, 0.15) is 17.0 Å². The number of carbonyl (C=O) groups is 1. The van der Waals surface area contributed by atoms with Crippen LogP contribution in [0.4, 0.5) is 0 Å². The number of ether oxygens (including phenoxy) is 1. The van der Waals surface area contributed by atoms with Crippen LogP contribution in [0.1, 0.15) is 38.2 Å². The van der Waals surface area contributed by atoms with Crippen LogP contribution in [0.2, 0.25) is 0 Å². The Bertz CT molecular complexity index is 579. The van der Waals surface area contributed by atoms with Crippen LogP contribution in [0.5, 0.6) is 0 Å². The van der Waals surface area contributed by atoms with Crippen molar-refractivity contribution in [1.82, 2.24) is 25.0 Å². The highest BCUT2D eigenvalue weighted by Gasteiger charge is 2.25. The van der Waals surface area contributed by atoms with E-state index in [4.69, 9.17) is 4.74 Å². The molecule has 0 fully saturated rings. The quantitative estimate of drug-likeness (QED) is 0.851. The van der Waals surface area contributed by atoms with Crippen LogP contribution < -0.4 is 0 Å². The van der Waals surface area contributed by atoms with Gasteiger partial charge in [0.15, 0.2) is 5.69 Å². The van der Waals surface area contributed by atoms with E-state index in [1.54, 1.807) is 27.1 Å². The number of hydrogen-bond acceptors (Lipinski definition) is 5. The van der Waals surface area contributed by atoms with Crippen molar-refractivity contribution in [3.05, 3.63) is 18.2 Å². The lowest BCUT2D eigenvalue weighted by atomic mass is 10.2. The molecule has 7 heteroatoms. The summed E-state index contributed by atoms with van der Waals surface area (Å²) in [5, 5.41) is 10.3. The molecule has 0 aliphatic heterocycles. The molecule has 0 radical (unpaired) electrons. The first kappa shape index (κ1) is 13.3. The smallest absolute Gasteiger partial charge is 0.361 e. The SMILES string of the molecule is CCn1cnc(-c2n[nH]nc2C(=O)OC(C)(C)C)c1. The Morgan fingerprint density at radius 2 is 2.16 bits per heavy atom. The lowest BCUT2D eigenvalue weighted by Gasteiger charge is -2.18. The third kappa shape index (κ3) is 2.98. The summed E-state index contributed by atoms with van der Waals surface area (Å²) in [7, 11) is 0. The number of aromatic nitrogens is 5. The van der Waals surface area contributed by atoms with Gasteiger partial charge in [0.05, 0.1) is 6.33 Å². The zero-order chi connectivity index (χ0) is 14.0. The molecule has 1 N–H and O–H groups in total. The van der Waals surface area contributed by atoms with E-state index in [9.17, 15) is 4.79 Å². The average Bonchev–Trinajstić information content (AvgIpc) is 2.95. The van der Waals surface area contributed by atoms with Crippen molar-refractivity contribution in [2.45, 2.75) is 39.8 Å². The van der Waals surface area contributed by atoms with Crippen LogP contribution in [-0.2, 0) is 11.3 Å². The minimum absolute atomic E-state index is 0.149. The van der Waals surface area contributed by atoms with Gasteiger partial charge in [0, 0.05) is 12.7 Å². The summed E-state index contributed by atoms with van der Waals surface area (Å²) >= 11 is 0. The molecule has 0 aliphatic rings. The van der Waals surface area contributed by atoms with E-state index >= 15 is 0 Å². The van der Waals surface area contributed by atoms with Crippen molar-refractivity contribution in [2.24, 2.45) is 0 Å². The average molecular weight is 263 g/mol. The summed E-state index contributed by atoms with van der Waals surface area (Å²) in [4.78, 5) is 16.2. The molecule has 0 bridgehead atoms. The van der Waals surface area contributed by atoms with Crippen LogP contribution in [0, 0.1) is 0 Å². The Kier molecular flexibility index (Phi) is 3.37. The third-order valence-electron chi connectivity index (χ3n) is 2.38. The number of nitrogens with one attached hydrogen (secondary N) is 1. The van der Waals surface area contributed by atoms with Crippen LogP contribution >= 0.6 is 0 Å². The van der Waals surface area contributed by atoms with E-state index < -0.39 is 11.6 Å². The first-order valence-corrected chi connectivity index (χ1v) is 6.07. The molecular weight excluding hydrogens is 246 g/mol. The zero-order valence-electron chi connectivity index (χ0n) is 11.5. The summed E-state index contributed by atoms with van der Waals surface area (Å²) in [6, 6.07) is 0. The second-order valence-corrected chi connectivity index (χ2v) is 5.11. The van der Waals surface area contributed by atoms with Crippen LogP contribution in [0.15, 0.2) is 12.5 Å². The van der Waals surface area contributed by atoms with E-state index in [-0.39, 0.29) is 5.69 Å². The summed E-state index contributed by atoms with van der Waals surface area (Å²) < 4.78 is 7.17. The molecule has 2 aromatic rings. The molecule has 19 heavy (non-hydrogen) atoms. The maximum Gasteiger partial charge on any atom is 0.361 e. The molecule has 0 amide bonds. The molecule has 0 unspecified atom stereocenters. The molecule has 2 heterocycles. The predicted molar refractivity (Wildman–Crippen MR) is 68.4 cm³/mol. The number of H-pyrrole nitrogens is 1. The fraction of sp³-hybridized carbons (Fsp3) is 0.500. The zero-order valence-corrected chi connectivity index (χ0v) is 11.5. The molecule has 0 atom stereocenters. The van der Waals surface area contributed by atoms with Gasteiger partial charge >= 0.3 is 5.97 Å². The fourth-order valence-corrected chi connectivity index (χ4v) is 1.53. The highest BCUT2D eigenvalue weighted by Crippen LogP contribution is 2.20. The van der Waals surface area contributed by atoms with Crippen LogP contribution in [0.3, 0.4) is 0 Å². The molecule has 0 saturated heterocycles. The molecule has 0 aliphatic carbocycles. The molecular formula is C12H17N5O2. The minimum Gasteiger partial charge on any atom is -0.455 e. The number of esters is 1. The molecule has 0 spiro atoms. The van der Waals surface area contributed by atoms with Crippen molar-refractivity contribution >= 4 is 5.97 Å². The monoisotopic (exact) mass is 263 g/mol. The molecule has 0 saturated carbocycles.